The van der Waals surface area contributed by atoms with Gasteiger partial charge in [-0.25, -0.2) is 0 Å². The molecule has 0 amide bonds. The quantitative estimate of drug-likeness (QED) is 0.867. The number of aryl methyl sites for hydroxylation is 2. The minimum atomic E-state index is 0.286. The summed E-state index contributed by atoms with van der Waals surface area (Å²) >= 11 is 0. The van der Waals surface area contributed by atoms with Crippen LogP contribution in [0.4, 0.5) is 0 Å². The van der Waals surface area contributed by atoms with Crippen LogP contribution in [0.25, 0.3) is 0 Å². The Morgan fingerprint density at radius 2 is 1.78 bits per heavy atom. The molecule has 2 heteroatoms. The van der Waals surface area contributed by atoms with Crippen LogP contribution in [0.3, 0.4) is 0 Å². The van der Waals surface area contributed by atoms with Gasteiger partial charge in [-0.2, -0.15) is 0 Å². The molecule has 18 heavy (non-hydrogen) atoms. The molecular formula is C16H23NO. The topological polar surface area (TPSA) is 35.2 Å². The third kappa shape index (κ3) is 1.66. The molecule has 2 N–H and O–H groups in total. The predicted molar refractivity (Wildman–Crippen MR) is 73.8 cm³/mol. The molecule has 0 radical (unpaired) electrons. The van der Waals surface area contributed by atoms with Gasteiger partial charge in [0.15, 0.2) is 0 Å². The van der Waals surface area contributed by atoms with Gasteiger partial charge < -0.3 is 10.5 Å². The first-order valence-corrected chi connectivity index (χ1v) is 7.12. The maximum Gasteiger partial charge on any atom is 0.125 e. The molecule has 1 aromatic rings. The molecule has 0 aromatic heterocycles. The van der Waals surface area contributed by atoms with Gasteiger partial charge in [0.05, 0.1) is 0 Å². The van der Waals surface area contributed by atoms with E-state index in [1.54, 1.807) is 0 Å². The van der Waals surface area contributed by atoms with Crippen LogP contribution in [0, 0.1) is 19.3 Å². The maximum absolute atomic E-state index is 6.34. The lowest BCUT2D eigenvalue weighted by Gasteiger charge is -2.52. The average molecular weight is 245 g/mol. The van der Waals surface area contributed by atoms with E-state index in [0.717, 1.165) is 12.2 Å². The normalized spacial score (nSPS) is 29.3. The van der Waals surface area contributed by atoms with Crippen molar-refractivity contribution < 1.29 is 4.74 Å². The van der Waals surface area contributed by atoms with Crippen LogP contribution >= 0.6 is 0 Å². The monoisotopic (exact) mass is 245 g/mol. The van der Waals surface area contributed by atoms with Crippen LogP contribution in [0.2, 0.25) is 0 Å². The fraction of sp³-hybridized carbons (Fsp3) is 0.625. The standard InChI is InChI=1S/C16H23NO/c1-11-6-5-7-12(2)15(11)18-14-10-13(17)16(14)8-3-4-9-16/h5-7,13-14H,3-4,8-10,17H2,1-2H3. The second kappa shape index (κ2) is 4.27. The molecule has 1 aromatic carbocycles. The minimum Gasteiger partial charge on any atom is -0.489 e. The van der Waals surface area contributed by atoms with Gasteiger partial charge in [0.2, 0.25) is 0 Å². The zero-order valence-corrected chi connectivity index (χ0v) is 11.4. The van der Waals surface area contributed by atoms with Gasteiger partial charge >= 0.3 is 0 Å². The van der Waals surface area contributed by atoms with E-state index < -0.39 is 0 Å². The first kappa shape index (κ1) is 12.0. The average Bonchev–Trinajstić information content (AvgIpc) is 2.84. The van der Waals surface area contributed by atoms with Crippen LogP contribution in [-0.4, -0.2) is 12.1 Å². The van der Waals surface area contributed by atoms with Crippen LogP contribution in [0.15, 0.2) is 18.2 Å². The molecule has 0 heterocycles. The van der Waals surface area contributed by atoms with Crippen LogP contribution in [-0.2, 0) is 0 Å². The highest BCUT2D eigenvalue weighted by molar-refractivity contribution is 5.40. The van der Waals surface area contributed by atoms with Crippen molar-refractivity contribution in [3.8, 4) is 5.75 Å². The molecule has 3 rings (SSSR count). The van der Waals surface area contributed by atoms with Crippen LogP contribution in [0.5, 0.6) is 5.75 Å². The Bertz CT molecular complexity index is 428. The molecule has 2 fully saturated rings. The molecule has 2 nitrogen and oxygen atoms in total. The Morgan fingerprint density at radius 1 is 1.17 bits per heavy atom. The van der Waals surface area contributed by atoms with Gasteiger partial charge in [0.25, 0.3) is 0 Å². The summed E-state index contributed by atoms with van der Waals surface area (Å²) in [6.45, 7) is 4.25. The number of hydrogen-bond donors (Lipinski definition) is 1. The highest BCUT2D eigenvalue weighted by Gasteiger charge is 2.56. The van der Waals surface area contributed by atoms with Crippen molar-refractivity contribution in [3.05, 3.63) is 29.3 Å². The Kier molecular flexibility index (Phi) is 2.86. The highest BCUT2D eigenvalue weighted by Crippen LogP contribution is 2.54. The van der Waals surface area contributed by atoms with Gasteiger partial charge in [-0.15, -0.1) is 0 Å². The molecule has 98 valence electrons. The van der Waals surface area contributed by atoms with Crippen molar-refractivity contribution >= 4 is 0 Å². The molecule has 2 unspecified atom stereocenters. The SMILES string of the molecule is Cc1cccc(C)c1OC1CC(N)C12CCCC2. The van der Waals surface area contributed by atoms with Crippen molar-refractivity contribution in [2.24, 2.45) is 11.1 Å². The lowest BCUT2D eigenvalue weighted by atomic mass is 9.61. The first-order valence-electron chi connectivity index (χ1n) is 7.12. The van der Waals surface area contributed by atoms with Crippen LogP contribution < -0.4 is 10.5 Å². The van der Waals surface area contributed by atoms with Crippen LogP contribution in [0.1, 0.15) is 43.2 Å². The Hall–Kier alpha value is -1.02. The van der Waals surface area contributed by atoms with E-state index in [0.29, 0.717) is 12.1 Å². The van der Waals surface area contributed by atoms with Crippen molar-refractivity contribution in [1.29, 1.82) is 0 Å². The Morgan fingerprint density at radius 3 is 2.33 bits per heavy atom. The predicted octanol–water partition coefficient (Wildman–Crippen LogP) is 3.34. The summed E-state index contributed by atoms with van der Waals surface area (Å²) in [6, 6.07) is 6.70. The second-order valence-electron chi connectivity index (χ2n) is 6.11. The van der Waals surface area contributed by atoms with Crippen molar-refractivity contribution in [2.45, 2.75) is 58.1 Å². The largest absolute Gasteiger partial charge is 0.489 e. The third-order valence-corrected chi connectivity index (χ3v) is 5.05. The van der Waals surface area contributed by atoms with Gasteiger partial charge in [-0.3, -0.25) is 0 Å². The molecule has 2 atom stereocenters. The fourth-order valence-corrected chi connectivity index (χ4v) is 3.80. The van der Waals surface area contributed by atoms with E-state index in [1.165, 1.54) is 36.8 Å². The van der Waals surface area contributed by atoms with E-state index in [2.05, 4.69) is 32.0 Å². The maximum atomic E-state index is 6.34. The van der Waals surface area contributed by atoms with Crippen molar-refractivity contribution in [3.63, 3.8) is 0 Å². The summed E-state index contributed by atoms with van der Waals surface area (Å²) in [5, 5.41) is 0. The lowest BCUT2D eigenvalue weighted by Crippen LogP contribution is -2.62. The molecule has 2 aliphatic carbocycles. The molecule has 1 spiro atoms. The molecule has 0 saturated heterocycles. The van der Waals surface area contributed by atoms with E-state index in [4.69, 9.17) is 10.5 Å². The Labute approximate surface area is 110 Å². The second-order valence-corrected chi connectivity index (χ2v) is 6.11. The minimum absolute atomic E-state index is 0.286. The summed E-state index contributed by atoms with van der Waals surface area (Å²) < 4.78 is 6.34. The van der Waals surface area contributed by atoms with E-state index in [-0.39, 0.29) is 5.41 Å². The number of ether oxygens (including phenoxy) is 1. The molecule has 0 bridgehead atoms. The number of rotatable bonds is 2. The summed E-state index contributed by atoms with van der Waals surface area (Å²) in [6.07, 6.45) is 6.51. The Balaban J connectivity index is 1.81. The van der Waals surface area contributed by atoms with E-state index >= 15 is 0 Å². The fourth-order valence-electron chi connectivity index (χ4n) is 3.80. The van der Waals surface area contributed by atoms with Gasteiger partial charge in [-0.05, 0) is 37.8 Å². The molecule has 0 aliphatic heterocycles. The van der Waals surface area contributed by atoms with Gasteiger partial charge in [-0.1, -0.05) is 31.0 Å². The molecular weight excluding hydrogens is 222 g/mol. The zero-order valence-electron chi connectivity index (χ0n) is 11.4. The number of benzene rings is 1. The first-order chi connectivity index (χ1) is 8.63. The molecule has 2 aliphatic rings. The summed E-state index contributed by atoms with van der Waals surface area (Å²) in [5.74, 6) is 1.08. The van der Waals surface area contributed by atoms with Crippen molar-refractivity contribution in [1.82, 2.24) is 0 Å². The highest BCUT2D eigenvalue weighted by atomic mass is 16.5. The zero-order chi connectivity index (χ0) is 12.8. The third-order valence-electron chi connectivity index (χ3n) is 5.05. The summed E-state index contributed by atoms with van der Waals surface area (Å²) in [5.41, 5.74) is 9.02. The smallest absolute Gasteiger partial charge is 0.125 e. The number of para-hydroxylation sites is 1. The molecule has 2 saturated carbocycles. The van der Waals surface area contributed by atoms with E-state index in [9.17, 15) is 0 Å². The number of hydrogen-bond acceptors (Lipinski definition) is 2. The van der Waals surface area contributed by atoms with Gasteiger partial charge in [0, 0.05) is 17.9 Å². The van der Waals surface area contributed by atoms with Gasteiger partial charge in [0.1, 0.15) is 11.9 Å². The summed E-state index contributed by atoms with van der Waals surface area (Å²) in [7, 11) is 0. The van der Waals surface area contributed by atoms with Crippen molar-refractivity contribution in [2.75, 3.05) is 0 Å². The van der Waals surface area contributed by atoms with E-state index in [1.807, 2.05) is 0 Å². The lowest BCUT2D eigenvalue weighted by molar-refractivity contribution is -0.0626. The summed E-state index contributed by atoms with van der Waals surface area (Å²) in [4.78, 5) is 0. The number of nitrogens with two attached hydrogens (primary N) is 1.